The number of halogens is 1. The highest BCUT2D eigenvalue weighted by molar-refractivity contribution is 6.35. The zero-order valence-corrected chi connectivity index (χ0v) is 12.1. The molecular formula is C14H20ClN3. The van der Waals surface area contributed by atoms with Crippen LogP contribution >= 0.6 is 11.6 Å². The summed E-state index contributed by atoms with van der Waals surface area (Å²) >= 11 is 6.30. The second kappa shape index (κ2) is 4.56. The van der Waals surface area contributed by atoms with Crippen LogP contribution < -0.4 is 5.73 Å². The van der Waals surface area contributed by atoms with Crippen molar-refractivity contribution in [2.24, 2.45) is 5.73 Å². The Labute approximate surface area is 113 Å². The van der Waals surface area contributed by atoms with E-state index in [-0.39, 0.29) is 5.54 Å². The van der Waals surface area contributed by atoms with Gasteiger partial charge in [-0.25, -0.2) is 4.98 Å². The Hall–Kier alpha value is -1.06. The Balaban J connectivity index is 2.66. The molecular weight excluding hydrogens is 246 g/mol. The SMILES string of the molecule is CC(C)n1c(CC(C)(C)N)nc2cccc(Cl)c21. The van der Waals surface area contributed by atoms with Crippen molar-refractivity contribution in [2.45, 2.75) is 45.7 Å². The van der Waals surface area contributed by atoms with Gasteiger partial charge in [0, 0.05) is 18.0 Å². The van der Waals surface area contributed by atoms with Gasteiger partial charge in [0.2, 0.25) is 0 Å². The Morgan fingerprint density at radius 3 is 2.61 bits per heavy atom. The van der Waals surface area contributed by atoms with E-state index in [1.54, 1.807) is 0 Å². The van der Waals surface area contributed by atoms with E-state index in [0.29, 0.717) is 6.04 Å². The van der Waals surface area contributed by atoms with Gasteiger partial charge >= 0.3 is 0 Å². The standard InChI is InChI=1S/C14H20ClN3/c1-9(2)18-12(8-14(3,4)16)17-11-7-5-6-10(15)13(11)18/h5-7,9H,8,16H2,1-4H3. The summed E-state index contributed by atoms with van der Waals surface area (Å²) in [6.45, 7) is 8.30. The Morgan fingerprint density at radius 1 is 1.39 bits per heavy atom. The molecule has 0 aliphatic heterocycles. The lowest BCUT2D eigenvalue weighted by Gasteiger charge is -2.20. The van der Waals surface area contributed by atoms with Crippen LogP contribution in [0.3, 0.4) is 0 Å². The van der Waals surface area contributed by atoms with E-state index in [9.17, 15) is 0 Å². The van der Waals surface area contributed by atoms with E-state index in [4.69, 9.17) is 17.3 Å². The van der Waals surface area contributed by atoms with Crippen LogP contribution in [0.5, 0.6) is 0 Å². The average Bonchev–Trinajstić information content (AvgIpc) is 2.54. The third-order valence-corrected chi connectivity index (χ3v) is 3.17. The summed E-state index contributed by atoms with van der Waals surface area (Å²) in [4.78, 5) is 4.68. The largest absolute Gasteiger partial charge is 0.325 e. The molecule has 0 unspecified atom stereocenters. The molecule has 0 amide bonds. The van der Waals surface area contributed by atoms with Crippen LogP contribution in [0, 0.1) is 0 Å². The van der Waals surface area contributed by atoms with Crippen molar-refractivity contribution >= 4 is 22.6 Å². The fourth-order valence-electron chi connectivity index (χ4n) is 2.24. The van der Waals surface area contributed by atoms with Gasteiger partial charge in [0.25, 0.3) is 0 Å². The Kier molecular flexibility index (Phi) is 3.39. The molecule has 0 radical (unpaired) electrons. The zero-order chi connectivity index (χ0) is 13.5. The smallest absolute Gasteiger partial charge is 0.111 e. The zero-order valence-electron chi connectivity index (χ0n) is 11.4. The van der Waals surface area contributed by atoms with Crippen LogP contribution in [0.25, 0.3) is 11.0 Å². The molecule has 0 fully saturated rings. The molecule has 18 heavy (non-hydrogen) atoms. The molecule has 2 rings (SSSR count). The molecule has 0 bridgehead atoms. The van der Waals surface area contributed by atoms with Crippen LogP contribution in [0.1, 0.15) is 39.6 Å². The van der Waals surface area contributed by atoms with Crippen LogP contribution in [0.2, 0.25) is 5.02 Å². The number of para-hydroxylation sites is 1. The normalized spacial score (nSPS) is 12.6. The van der Waals surface area contributed by atoms with E-state index in [1.165, 1.54) is 0 Å². The van der Waals surface area contributed by atoms with Crippen molar-refractivity contribution in [1.29, 1.82) is 0 Å². The van der Waals surface area contributed by atoms with E-state index < -0.39 is 0 Å². The van der Waals surface area contributed by atoms with Gasteiger partial charge in [0.15, 0.2) is 0 Å². The topological polar surface area (TPSA) is 43.8 Å². The molecule has 98 valence electrons. The lowest BCUT2D eigenvalue weighted by molar-refractivity contribution is 0.475. The highest BCUT2D eigenvalue weighted by atomic mass is 35.5. The molecule has 3 nitrogen and oxygen atoms in total. The van der Waals surface area contributed by atoms with Gasteiger partial charge in [-0.3, -0.25) is 0 Å². The summed E-state index contributed by atoms with van der Waals surface area (Å²) in [5, 5.41) is 0.745. The molecule has 2 aromatic rings. The highest BCUT2D eigenvalue weighted by Gasteiger charge is 2.20. The van der Waals surface area contributed by atoms with E-state index in [2.05, 4.69) is 23.4 Å². The first kappa shape index (κ1) is 13.4. The second-order valence-corrected chi connectivity index (χ2v) is 6.17. The lowest BCUT2D eigenvalue weighted by atomic mass is 10.0. The maximum Gasteiger partial charge on any atom is 0.111 e. The van der Waals surface area contributed by atoms with Gasteiger partial charge < -0.3 is 10.3 Å². The molecule has 2 N–H and O–H groups in total. The first-order chi connectivity index (χ1) is 8.29. The quantitative estimate of drug-likeness (QED) is 0.922. The summed E-state index contributed by atoms with van der Waals surface area (Å²) in [5.74, 6) is 1.00. The fourth-order valence-corrected chi connectivity index (χ4v) is 2.50. The molecule has 0 spiro atoms. The van der Waals surface area contributed by atoms with E-state index in [1.807, 2.05) is 32.0 Å². The number of nitrogens with two attached hydrogens (primary N) is 1. The average molecular weight is 266 g/mol. The highest BCUT2D eigenvalue weighted by Crippen LogP contribution is 2.28. The maximum atomic E-state index is 6.30. The molecule has 0 saturated carbocycles. The molecule has 1 heterocycles. The first-order valence-electron chi connectivity index (χ1n) is 6.24. The van der Waals surface area contributed by atoms with Gasteiger partial charge in [-0.1, -0.05) is 17.7 Å². The molecule has 4 heteroatoms. The van der Waals surface area contributed by atoms with Gasteiger partial charge in [0.1, 0.15) is 5.82 Å². The second-order valence-electron chi connectivity index (χ2n) is 5.76. The summed E-state index contributed by atoms with van der Waals surface area (Å²) in [5.41, 5.74) is 7.78. The molecule has 0 aliphatic rings. The number of imidazole rings is 1. The summed E-state index contributed by atoms with van der Waals surface area (Å²) < 4.78 is 2.19. The van der Waals surface area contributed by atoms with Crippen LogP contribution in [0.15, 0.2) is 18.2 Å². The van der Waals surface area contributed by atoms with Gasteiger partial charge in [-0.05, 0) is 39.8 Å². The molecule has 0 aliphatic carbocycles. The first-order valence-corrected chi connectivity index (χ1v) is 6.61. The number of hydrogen-bond acceptors (Lipinski definition) is 2. The van der Waals surface area contributed by atoms with Crippen LogP contribution in [-0.2, 0) is 6.42 Å². The summed E-state index contributed by atoms with van der Waals surface area (Å²) in [6.07, 6.45) is 0.732. The monoisotopic (exact) mass is 265 g/mol. The Morgan fingerprint density at radius 2 is 2.06 bits per heavy atom. The molecule has 0 atom stereocenters. The number of fused-ring (bicyclic) bond motifs is 1. The van der Waals surface area contributed by atoms with Crippen LogP contribution in [-0.4, -0.2) is 15.1 Å². The van der Waals surface area contributed by atoms with Crippen molar-refractivity contribution in [3.63, 3.8) is 0 Å². The predicted octanol–water partition coefficient (Wildman–Crippen LogP) is 3.55. The summed E-state index contributed by atoms with van der Waals surface area (Å²) in [6, 6.07) is 6.14. The lowest BCUT2D eigenvalue weighted by Crippen LogP contribution is -2.35. The van der Waals surface area contributed by atoms with Gasteiger partial charge in [-0.2, -0.15) is 0 Å². The van der Waals surface area contributed by atoms with Crippen molar-refractivity contribution in [3.05, 3.63) is 29.0 Å². The van der Waals surface area contributed by atoms with Crippen molar-refractivity contribution < 1.29 is 0 Å². The number of benzene rings is 1. The third-order valence-electron chi connectivity index (χ3n) is 2.86. The molecule has 1 aromatic carbocycles. The fraction of sp³-hybridized carbons (Fsp3) is 0.500. The van der Waals surface area contributed by atoms with Crippen molar-refractivity contribution in [1.82, 2.24) is 9.55 Å². The maximum absolute atomic E-state index is 6.30. The molecule has 0 saturated heterocycles. The number of rotatable bonds is 3. The van der Waals surface area contributed by atoms with Crippen molar-refractivity contribution in [3.8, 4) is 0 Å². The van der Waals surface area contributed by atoms with Gasteiger partial charge in [-0.15, -0.1) is 0 Å². The van der Waals surface area contributed by atoms with E-state index in [0.717, 1.165) is 28.3 Å². The third kappa shape index (κ3) is 2.52. The minimum atomic E-state index is -0.277. The molecule has 1 aromatic heterocycles. The van der Waals surface area contributed by atoms with Gasteiger partial charge in [0.05, 0.1) is 16.1 Å². The van der Waals surface area contributed by atoms with E-state index >= 15 is 0 Å². The number of hydrogen-bond donors (Lipinski definition) is 1. The van der Waals surface area contributed by atoms with Crippen molar-refractivity contribution in [2.75, 3.05) is 0 Å². The minimum absolute atomic E-state index is 0.277. The number of aromatic nitrogens is 2. The number of nitrogens with zero attached hydrogens (tertiary/aromatic N) is 2. The van der Waals surface area contributed by atoms with Crippen LogP contribution in [0.4, 0.5) is 0 Å². The predicted molar refractivity (Wildman–Crippen MR) is 77.1 cm³/mol. The minimum Gasteiger partial charge on any atom is -0.325 e. The summed E-state index contributed by atoms with van der Waals surface area (Å²) in [7, 11) is 0. The Bertz CT molecular complexity index is 564.